The van der Waals surface area contributed by atoms with Gasteiger partial charge < -0.3 is 14.6 Å². The van der Waals surface area contributed by atoms with E-state index in [0.29, 0.717) is 5.56 Å². The first-order valence-corrected chi connectivity index (χ1v) is 8.86. The summed E-state index contributed by atoms with van der Waals surface area (Å²) in [5, 5.41) is 1.83. The third-order valence-corrected chi connectivity index (χ3v) is 4.22. The Morgan fingerprint density at radius 1 is 1.12 bits per heavy atom. The molecule has 1 heterocycles. The zero-order chi connectivity index (χ0) is 18.9. The summed E-state index contributed by atoms with van der Waals surface area (Å²) in [4.78, 5) is 26.2. The third-order valence-electron chi connectivity index (χ3n) is 4.22. The minimum atomic E-state index is -0.344. The average molecular weight is 359 g/mol. The van der Waals surface area contributed by atoms with Gasteiger partial charge in [-0.1, -0.05) is 0 Å². The van der Waals surface area contributed by atoms with Crippen LogP contribution in [0.4, 0.5) is 5.69 Å². The first kappa shape index (κ1) is 19.5. The highest BCUT2D eigenvalue weighted by Crippen LogP contribution is 2.14. The Labute approximate surface area is 153 Å². The van der Waals surface area contributed by atoms with Crippen molar-refractivity contribution in [3.05, 3.63) is 54.0 Å². The standard InChI is InChI=1S/C19H26N4O3/c1-4-23(5-2)16-10-8-15(9-11-16)19(25)22-21-18(24)13-20-14(3)17-7-6-12-26-17/h6-12,14,20H,4-5,13H2,1-3H3,(H,21,24)(H,22,25)/p+1/t14-/m0/s1. The molecule has 0 saturated heterocycles. The molecule has 0 unspecified atom stereocenters. The van der Waals surface area contributed by atoms with Gasteiger partial charge in [0.05, 0.1) is 6.26 Å². The molecule has 0 aliphatic carbocycles. The fourth-order valence-electron chi connectivity index (χ4n) is 2.61. The maximum atomic E-state index is 12.1. The molecule has 2 amide bonds. The monoisotopic (exact) mass is 359 g/mol. The summed E-state index contributed by atoms with van der Waals surface area (Å²) >= 11 is 0. The van der Waals surface area contributed by atoms with E-state index in [9.17, 15) is 9.59 Å². The lowest BCUT2D eigenvalue weighted by molar-refractivity contribution is -0.684. The van der Waals surface area contributed by atoms with E-state index in [0.717, 1.165) is 24.5 Å². The molecule has 1 aromatic carbocycles. The zero-order valence-electron chi connectivity index (χ0n) is 15.5. The number of furan rings is 1. The van der Waals surface area contributed by atoms with Crippen LogP contribution in [0.25, 0.3) is 0 Å². The second kappa shape index (κ2) is 9.62. The number of carbonyl (C=O) groups is 2. The largest absolute Gasteiger partial charge is 0.463 e. The molecule has 0 spiro atoms. The molecule has 0 fully saturated rings. The van der Waals surface area contributed by atoms with Crippen molar-refractivity contribution in [3.63, 3.8) is 0 Å². The number of carbonyl (C=O) groups excluding carboxylic acids is 2. The van der Waals surface area contributed by atoms with Crippen LogP contribution in [-0.4, -0.2) is 31.4 Å². The van der Waals surface area contributed by atoms with Crippen LogP contribution in [0.5, 0.6) is 0 Å². The van der Waals surface area contributed by atoms with Gasteiger partial charge in [-0.05, 0) is 57.2 Å². The molecule has 140 valence electrons. The normalized spacial score (nSPS) is 11.7. The van der Waals surface area contributed by atoms with Gasteiger partial charge >= 0.3 is 0 Å². The van der Waals surface area contributed by atoms with Crippen molar-refractivity contribution >= 4 is 17.5 Å². The molecule has 0 bridgehead atoms. The summed E-state index contributed by atoms with van der Waals surface area (Å²) in [6, 6.07) is 11.0. The van der Waals surface area contributed by atoms with Crippen molar-refractivity contribution in [2.75, 3.05) is 24.5 Å². The predicted octanol–water partition coefficient (Wildman–Crippen LogP) is 1.21. The van der Waals surface area contributed by atoms with Gasteiger partial charge in [-0.2, -0.15) is 0 Å². The van der Waals surface area contributed by atoms with Gasteiger partial charge in [0.1, 0.15) is 6.04 Å². The topological polar surface area (TPSA) is 91.2 Å². The smallest absolute Gasteiger partial charge is 0.293 e. The van der Waals surface area contributed by atoms with E-state index in [1.165, 1.54) is 0 Å². The van der Waals surface area contributed by atoms with E-state index < -0.39 is 0 Å². The Hall–Kier alpha value is -2.80. The molecule has 0 aliphatic heterocycles. The highest BCUT2D eigenvalue weighted by molar-refractivity contribution is 5.95. The molecule has 26 heavy (non-hydrogen) atoms. The van der Waals surface area contributed by atoms with E-state index in [1.54, 1.807) is 18.4 Å². The van der Waals surface area contributed by atoms with E-state index in [4.69, 9.17) is 4.42 Å². The number of hydrogen-bond donors (Lipinski definition) is 3. The van der Waals surface area contributed by atoms with E-state index in [1.807, 2.05) is 36.5 Å². The number of hydrazine groups is 1. The number of anilines is 1. The number of rotatable bonds is 8. The lowest BCUT2D eigenvalue weighted by Crippen LogP contribution is -2.87. The summed E-state index contributed by atoms with van der Waals surface area (Å²) in [6.45, 7) is 8.12. The second-order valence-electron chi connectivity index (χ2n) is 5.97. The summed E-state index contributed by atoms with van der Waals surface area (Å²) in [5.41, 5.74) is 6.43. The number of amides is 2. The van der Waals surface area contributed by atoms with Crippen molar-refractivity contribution in [1.29, 1.82) is 0 Å². The summed E-state index contributed by atoms with van der Waals surface area (Å²) in [5.74, 6) is 0.176. The molecule has 0 aliphatic rings. The fourth-order valence-corrected chi connectivity index (χ4v) is 2.61. The number of hydrogen-bond acceptors (Lipinski definition) is 4. The molecule has 1 atom stereocenters. The Bertz CT molecular complexity index is 694. The molecule has 7 nitrogen and oxygen atoms in total. The number of quaternary nitrogens is 1. The van der Waals surface area contributed by atoms with Gasteiger partial charge in [-0.3, -0.25) is 20.4 Å². The molecule has 0 radical (unpaired) electrons. The predicted molar refractivity (Wildman–Crippen MR) is 99.5 cm³/mol. The minimum absolute atomic E-state index is 0.0269. The number of nitrogens with zero attached hydrogens (tertiary/aromatic N) is 1. The van der Waals surface area contributed by atoms with Gasteiger partial charge in [-0.15, -0.1) is 0 Å². The van der Waals surface area contributed by atoms with Crippen molar-refractivity contribution in [3.8, 4) is 0 Å². The third kappa shape index (κ3) is 5.35. The van der Waals surface area contributed by atoms with Crippen molar-refractivity contribution in [1.82, 2.24) is 10.9 Å². The number of benzene rings is 1. The first-order chi connectivity index (χ1) is 12.5. The van der Waals surface area contributed by atoms with E-state index in [-0.39, 0.29) is 24.4 Å². The molecule has 1 aromatic heterocycles. The van der Waals surface area contributed by atoms with Crippen molar-refractivity contribution in [2.45, 2.75) is 26.8 Å². The summed E-state index contributed by atoms with van der Waals surface area (Å²) < 4.78 is 5.29. The van der Waals surface area contributed by atoms with Gasteiger partial charge in [0, 0.05) is 24.3 Å². The zero-order valence-corrected chi connectivity index (χ0v) is 15.5. The summed E-state index contributed by atoms with van der Waals surface area (Å²) in [7, 11) is 0. The Morgan fingerprint density at radius 2 is 1.81 bits per heavy atom. The SMILES string of the molecule is CCN(CC)c1ccc(C(=O)NNC(=O)C[NH2+][C@@H](C)c2ccco2)cc1. The van der Waals surface area contributed by atoms with Gasteiger partial charge in [0.2, 0.25) is 0 Å². The minimum Gasteiger partial charge on any atom is -0.463 e. The highest BCUT2D eigenvalue weighted by atomic mass is 16.3. The maximum Gasteiger partial charge on any atom is 0.293 e. The fraction of sp³-hybridized carbons (Fsp3) is 0.368. The number of nitrogens with one attached hydrogen (secondary N) is 2. The maximum absolute atomic E-state index is 12.1. The summed E-state index contributed by atoms with van der Waals surface area (Å²) in [6.07, 6.45) is 1.60. The molecule has 4 N–H and O–H groups in total. The first-order valence-electron chi connectivity index (χ1n) is 8.86. The van der Waals surface area contributed by atoms with Gasteiger partial charge in [0.25, 0.3) is 11.8 Å². The molecule has 7 heteroatoms. The van der Waals surface area contributed by atoms with Crippen LogP contribution in [0.15, 0.2) is 47.1 Å². The molecular formula is C19H27N4O3+. The van der Waals surface area contributed by atoms with Crippen LogP contribution in [0.2, 0.25) is 0 Å². The molecule has 0 saturated carbocycles. The molecular weight excluding hydrogens is 332 g/mol. The number of nitrogens with two attached hydrogens (primary N) is 1. The van der Waals surface area contributed by atoms with Crippen LogP contribution >= 0.6 is 0 Å². The average Bonchev–Trinajstić information content (AvgIpc) is 3.20. The van der Waals surface area contributed by atoms with Crippen LogP contribution in [0, 0.1) is 0 Å². The molecule has 2 aromatic rings. The Balaban J connectivity index is 1.77. The van der Waals surface area contributed by atoms with Gasteiger partial charge in [-0.25, -0.2) is 0 Å². The van der Waals surface area contributed by atoms with Crippen molar-refractivity contribution in [2.24, 2.45) is 0 Å². The quantitative estimate of drug-likeness (QED) is 0.618. The van der Waals surface area contributed by atoms with Crippen LogP contribution in [0.3, 0.4) is 0 Å². The van der Waals surface area contributed by atoms with Crippen LogP contribution in [-0.2, 0) is 4.79 Å². The van der Waals surface area contributed by atoms with Gasteiger partial charge in [0.15, 0.2) is 12.3 Å². The molecule has 2 rings (SSSR count). The second-order valence-corrected chi connectivity index (χ2v) is 5.97. The lowest BCUT2D eigenvalue weighted by atomic mass is 10.2. The Kier molecular flexibility index (Phi) is 7.23. The van der Waals surface area contributed by atoms with E-state index >= 15 is 0 Å². The lowest BCUT2D eigenvalue weighted by Gasteiger charge is -2.21. The van der Waals surface area contributed by atoms with Crippen LogP contribution in [0.1, 0.15) is 42.9 Å². The highest BCUT2D eigenvalue weighted by Gasteiger charge is 2.14. The van der Waals surface area contributed by atoms with Crippen LogP contribution < -0.4 is 21.1 Å². The Morgan fingerprint density at radius 3 is 2.38 bits per heavy atom. The van der Waals surface area contributed by atoms with Crippen molar-refractivity contribution < 1.29 is 19.3 Å². The van der Waals surface area contributed by atoms with E-state index in [2.05, 4.69) is 29.6 Å².